The molecule has 2 aromatic carbocycles. The number of nitrogens with one attached hydrogen (secondary N) is 1. The number of ether oxygens (including phenoxy) is 2. The molecule has 1 aliphatic rings. The van der Waals surface area contributed by atoms with Gasteiger partial charge in [-0.25, -0.2) is 0 Å². The number of likely N-dealkylation sites (tertiary alicyclic amines) is 1. The van der Waals surface area contributed by atoms with E-state index in [0.29, 0.717) is 0 Å². The highest BCUT2D eigenvalue weighted by molar-refractivity contribution is 6.15. The number of benzene rings is 2. The van der Waals surface area contributed by atoms with Gasteiger partial charge in [0.2, 0.25) is 0 Å². The van der Waals surface area contributed by atoms with Gasteiger partial charge in [-0.05, 0) is 61.2 Å². The first-order valence-corrected chi connectivity index (χ1v) is 12.2. The van der Waals surface area contributed by atoms with E-state index in [4.69, 9.17) is 9.47 Å². The van der Waals surface area contributed by atoms with Crippen LogP contribution in [0.4, 0.5) is 5.69 Å². The Balaban J connectivity index is 0.00000149. The monoisotopic (exact) mass is 469 g/mol. The number of nitrogens with zero attached hydrogens (tertiary/aromatic N) is 2. The van der Waals surface area contributed by atoms with E-state index in [9.17, 15) is 0 Å². The van der Waals surface area contributed by atoms with Crippen molar-refractivity contribution in [3.63, 3.8) is 0 Å². The number of alkyl halides is 1. The second-order valence-electron chi connectivity index (χ2n) is 8.36. The summed E-state index contributed by atoms with van der Waals surface area (Å²) < 4.78 is 13.0. The highest BCUT2D eigenvalue weighted by atomic mass is 35.5. The van der Waals surface area contributed by atoms with Gasteiger partial charge in [-0.2, -0.15) is 0 Å². The minimum Gasteiger partial charge on any atom is -0.497 e. The molecule has 1 N–H and O–H groups in total. The second-order valence-corrected chi connectivity index (χ2v) is 8.36. The van der Waals surface area contributed by atoms with E-state index >= 15 is 0 Å². The van der Waals surface area contributed by atoms with E-state index in [-0.39, 0.29) is 5.54 Å². The molecule has 1 saturated heterocycles. The van der Waals surface area contributed by atoms with Gasteiger partial charge in [-0.1, -0.05) is 19.1 Å². The van der Waals surface area contributed by atoms with E-state index < -0.39 is 0 Å². The van der Waals surface area contributed by atoms with Gasteiger partial charge in [0.25, 0.3) is 0 Å². The van der Waals surface area contributed by atoms with Crippen LogP contribution in [-0.4, -0.2) is 48.7 Å². The molecule has 1 aliphatic heterocycles. The Morgan fingerprint density at radius 2 is 1.52 bits per heavy atom. The van der Waals surface area contributed by atoms with Crippen LogP contribution in [0.15, 0.2) is 67.0 Å². The summed E-state index contributed by atoms with van der Waals surface area (Å²) in [4.78, 5) is 2.53. The Kier molecular flexibility index (Phi) is 9.10. The molecule has 0 radical (unpaired) electrons. The van der Waals surface area contributed by atoms with Crippen LogP contribution in [0.2, 0.25) is 0 Å². The third-order valence-corrected chi connectivity index (χ3v) is 6.49. The molecule has 1 aromatic heterocycles. The molecule has 33 heavy (non-hydrogen) atoms. The lowest BCUT2D eigenvalue weighted by molar-refractivity contribution is 0.163. The van der Waals surface area contributed by atoms with E-state index in [2.05, 4.69) is 94.2 Å². The summed E-state index contributed by atoms with van der Waals surface area (Å²) in [7, 11) is 3.40. The Labute approximate surface area is 203 Å². The SMILES string of the molecule is CCC1(Nc2ccccc2-n2cccc2)CCN(Cc2cc(OC)cc(OC)c2)CC1.CCl. The lowest BCUT2D eigenvalue weighted by Gasteiger charge is -2.43. The number of piperidine rings is 1. The Hall–Kier alpha value is -2.63. The molecule has 4 rings (SSSR count). The number of anilines is 1. The molecular formula is C27H36ClN3O2. The fourth-order valence-electron chi connectivity index (χ4n) is 4.51. The zero-order valence-electron chi connectivity index (χ0n) is 20.2. The Bertz CT molecular complexity index is 961. The molecule has 1 fully saturated rings. The van der Waals surface area contributed by atoms with Crippen LogP contribution in [0, 0.1) is 0 Å². The summed E-state index contributed by atoms with van der Waals surface area (Å²) in [5.41, 5.74) is 3.75. The first kappa shape index (κ1) is 25.0. The molecule has 2 heterocycles. The van der Waals surface area contributed by atoms with Crippen molar-refractivity contribution in [3.05, 3.63) is 72.6 Å². The summed E-state index contributed by atoms with van der Waals surface area (Å²) in [5, 5.41) is 3.93. The maximum absolute atomic E-state index is 5.43. The van der Waals surface area contributed by atoms with Crippen LogP contribution >= 0.6 is 11.6 Å². The van der Waals surface area contributed by atoms with Crippen LogP contribution in [-0.2, 0) is 6.54 Å². The minimum absolute atomic E-state index is 0.117. The lowest BCUT2D eigenvalue weighted by Crippen LogP contribution is -2.48. The van der Waals surface area contributed by atoms with Crippen molar-refractivity contribution in [2.45, 2.75) is 38.3 Å². The van der Waals surface area contributed by atoms with Crippen molar-refractivity contribution in [2.75, 3.05) is 39.0 Å². The van der Waals surface area contributed by atoms with Crippen molar-refractivity contribution in [1.29, 1.82) is 0 Å². The van der Waals surface area contributed by atoms with Crippen LogP contribution < -0.4 is 14.8 Å². The van der Waals surface area contributed by atoms with Gasteiger partial charge >= 0.3 is 0 Å². The predicted octanol–water partition coefficient (Wildman–Crippen LogP) is 6.21. The summed E-state index contributed by atoms with van der Waals surface area (Å²) in [6.45, 7) is 5.33. The molecule has 0 saturated carbocycles. The molecule has 0 atom stereocenters. The fraction of sp³-hybridized carbons (Fsp3) is 0.407. The summed E-state index contributed by atoms with van der Waals surface area (Å²) in [6, 6.07) is 18.9. The molecule has 0 spiro atoms. The largest absolute Gasteiger partial charge is 0.497 e. The highest BCUT2D eigenvalue weighted by Crippen LogP contribution is 2.33. The Morgan fingerprint density at radius 1 is 0.909 bits per heavy atom. The first-order valence-electron chi connectivity index (χ1n) is 11.5. The molecular weight excluding hydrogens is 434 g/mol. The predicted molar refractivity (Wildman–Crippen MR) is 138 cm³/mol. The minimum atomic E-state index is 0.117. The molecule has 178 valence electrons. The number of hydrogen-bond acceptors (Lipinski definition) is 4. The zero-order chi connectivity index (χ0) is 23.7. The third-order valence-electron chi connectivity index (χ3n) is 6.49. The second kappa shape index (κ2) is 12.0. The highest BCUT2D eigenvalue weighted by Gasteiger charge is 2.33. The summed E-state index contributed by atoms with van der Waals surface area (Å²) >= 11 is 4.64. The van der Waals surface area contributed by atoms with Crippen molar-refractivity contribution in [1.82, 2.24) is 9.47 Å². The van der Waals surface area contributed by atoms with Crippen molar-refractivity contribution < 1.29 is 9.47 Å². The zero-order valence-corrected chi connectivity index (χ0v) is 20.9. The fourth-order valence-corrected chi connectivity index (χ4v) is 4.51. The van der Waals surface area contributed by atoms with Crippen molar-refractivity contribution >= 4 is 17.3 Å². The standard InChI is InChI=1S/C26H33N3O2.CH3Cl/c1-4-26(27-24-9-5-6-10-25(24)29-13-7-8-14-29)11-15-28(16-12-26)20-21-17-22(30-2)19-23(18-21)31-3;1-2/h5-10,13-14,17-19,27H,4,11-12,15-16,20H2,1-3H3;1H3. The molecule has 0 bridgehead atoms. The normalized spacial score (nSPS) is 15.3. The first-order chi connectivity index (χ1) is 16.1. The van der Waals surface area contributed by atoms with E-state index in [1.807, 2.05) is 6.07 Å². The van der Waals surface area contributed by atoms with Gasteiger partial charge in [0.15, 0.2) is 0 Å². The summed E-state index contributed by atoms with van der Waals surface area (Å²) in [5.74, 6) is 1.69. The number of halogens is 1. The number of methoxy groups -OCH3 is 2. The van der Waals surface area contributed by atoms with Crippen LogP contribution in [0.1, 0.15) is 31.7 Å². The molecule has 3 aromatic rings. The number of rotatable bonds is 8. The van der Waals surface area contributed by atoms with Crippen LogP contribution in [0.25, 0.3) is 5.69 Å². The van der Waals surface area contributed by atoms with Crippen LogP contribution in [0.5, 0.6) is 11.5 Å². The average molecular weight is 470 g/mol. The third kappa shape index (κ3) is 6.24. The Morgan fingerprint density at radius 3 is 2.09 bits per heavy atom. The maximum Gasteiger partial charge on any atom is 0.122 e. The quantitative estimate of drug-likeness (QED) is 0.398. The number of hydrogen-bond donors (Lipinski definition) is 1. The van der Waals surface area contributed by atoms with E-state index in [0.717, 1.165) is 50.4 Å². The summed E-state index contributed by atoms with van der Waals surface area (Å²) in [6.07, 6.45) is 9.01. The van der Waals surface area contributed by atoms with E-state index in [1.165, 1.54) is 23.3 Å². The van der Waals surface area contributed by atoms with Gasteiger partial charge in [0.1, 0.15) is 11.5 Å². The molecule has 0 unspecified atom stereocenters. The molecule has 0 aliphatic carbocycles. The van der Waals surface area contributed by atoms with Gasteiger partial charge in [0.05, 0.1) is 25.6 Å². The van der Waals surface area contributed by atoms with E-state index in [1.54, 1.807) is 14.2 Å². The molecule has 0 amide bonds. The average Bonchev–Trinajstić information content (AvgIpc) is 3.41. The number of para-hydroxylation sites is 2. The molecule has 5 nitrogen and oxygen atoms in total. The van der Waals surface area contributed by atoms with Crippen molar-refractivity contribution in [2.24, 2.45) is 0 Å². The van der Waals surface area contributed by atoms with Gasteiger partial charge in [-0.3, -0.25) is 4.90 Å². The topological polar surface area (TPSA) is 38.7 Å². The van der Waals surface area contributed by atoms with Crippen LogP contribution in [0.3, 0.4) is 0 Å². The van der Waals surface area contributed by atoms with Gasteiger partial charge in [0, 0.05) is 50.0 Å². The van der Waals surface area contributed by atoms with Gasteiger partial charge < -0.3 is 19.4 Å². The number of aromatic nitrogens is 1. The molecule has 6 heteroatoms. The smallest absolute Gasteiger partial charge is 0.122 e. The lowest BCUT2D eigenvalue weighted by atomic mass is 9.84. The maximum atomic E-state index is 5.43. The van der Waals surface area contributed by atoms with Crippen molar-refractivity contribution in [3.8, 4) is 17.2 Å². The van der Waals surface area contributed by atoms with Gasteiger partial charge in [-0.15, -0.1) is 11.6 Å².